The Kier molecular flexibility index (Phi) is 4.53. The lowest BCUT2D eigenvalue weighted by atomic mass is 9.64. The number of carbonyl (C=O) groups is 1. The number of pyridine rings is 1. The molecule has 0 aromatic carbocycles. The number of nitrogens with one attached hydrogen (secondary N) is 2. The second-order valence-corrected chi connectivity index (χ2v) is 8.19. The second-order valence-electron chi connectivity index (χ2n) is 8.19. The highest BCUT2D eigenvalue weighted by Crippen LogP contribution is 2.43. The van der Waals surface area contributed by atoms with E-state index in [9.17, 15) is 18.0 Å². The molecular formula is C19H24F3N3O. The van der Waals surface area contributed by atoms with Crippen LogP contribution in [0.1, 0.15) is 56.6 Å². The lowest BCUT2D eigenvalue weighted by Crippen LogP contribution is -2.47. The number of amides is 1. The first-order valence-corrected chi connectivity index (χ1v) is 8.85. The standard InChI is InChI=1S/C19H24F3N3O/c1-10-9-18(3,4)11(2)7-14(10)25-17(26)15-8-12-13(19(20,21)22)5-6-23-16(12)24-15/h5-6,8,10-11,14H,7,9H2,1-4H3,(H,23,24)(H,25,26)/t10-,11+,14-/m0/s1. The van der Waals surface area contributed by atoms with Crippen molar-refractivity contribution < 1.29 is 18.0 Å². The number of H-pyrrole nitrogens is 1. The summed E-state index contributed by atoms with van der Waals surface area (Å²) in [5.74, 6) is 0.364. The topological polar surface area (TPSA) is 57.8 Å². The first-order chi connectivity index (χ1) is 12.0. The van der Waals surface area contributed by atoms with Crippen molar-refractivity contribution in [2.45, 2.75) is 52.8 Å². The molecule has 0 saturated heterocycles. The lowest BCUT2D eigenvalue weighted by molar-refractivity contribution is -0.136. The van der Waals surface area contributed by atoms with E-state index in [-0.39, 0.29) is 34.1 Å². The molecule has 3 rings (SSSR count). The van der Waals surface area contributed by atoms with Gasteiger partial charge in [0.15, 0.2) is 0 Å². The Morgan fingerprint density at radius 2 is 2.04 bits per heavy atom. The smallest absolute Gasteiger partial charge is 0.348 e. The number of hydrogen-bond donors (Lipinski definition) is 2. The van der Waals surface area contributed by atoms with Gasteiger partial charge < -0.3 is 10.3 Å². The number of hydrogen-bond acceptors (Lipinski definition) is 2. The summed E-state index contributed by atoms with van der Waals surface area (Å²) in [6.45, 7) is 8.74. The summed E-state index contributed by atoms with van der Waals surface area (Å²) in [6, 6.07) is 2.17. The average Bonchev–Trinajstić information content (AvgIpc) is 2.95. The summed E-state index contributed by atoms with van der Waals surface area (Å²) in [7, 11) is 0. The summed E-state index contributed by atoms with van der Waals surface area (Å²) >= 11 is 0. The number of fused-ring (bicyclic) bond motifs is 1. The summed E-state index contributed by atoms with van der Waals surface area (Å²) in [5, 5.41) is 2.91. The van der Waals surface area contributed by atoms with E-state index in [1.165, 1.54) is 6.07 Å². The van der Waals surface area contributed by atoms with Gasteiger partial charge in [0.1, 0.15) is 11.3 Å². The van der Waals surface area contributed by atoms with Crippen molar-refractivity contribution >= 4 is 16.9 Å². The first kappa shape index (κ1) is 18.7. The zero-order valence-corrected chi connectivity index (χ0v) is 15.4. The fourth-order valence-corrected chi connectivity index (χ4v) is 3.95. The van der Waals surface area contributed by atoms with Crippen LogP contribution in [-0.4, -0.2) is 21.9 Å². The van der Waals surface area contributed by atoms with Crippen molar-refractivity contribution in [2.24, 2.45) is 17.3 Å². The van der Waals surface area contributed by atoms with Gasteiger partial charge >= 0.3 is 6.18 Å². The minimum atomic E-state index is -4.49. The Hall–Kier alpha value is -2.05. The Bertz CT molecular complexity index is 825. The third-order valence-electron chi connectivity index (χ3n) is 5.87. The molecule has 0 unspecified atom stereocenters. The van der Waals surface area contributed by atoms with E-state index in [2.05, 4.69) is 43.0 Å². The highest BCUT2D eigenvalue weighted by atomic mass is 19.4. The Labute approximate surface area is 150 Å². The first-order valence-electron chi connectivity index (χ1n) is 8.85. The number of nitrogens with zero attached hydrogens (tertiary/aromatic N) is 1. The molecule has 0 aliphatic heterocycles. The van der Waals surface area contributed by atoms with Crippen LogP contribution in [0.4, 0.5) is 13.2 Å². The van der Waals surface area contributed by atoms with Gasteiger partial charge in [0.05, 0.1) is 5.56 Å². The van der Waals surface area contributed by atoms with Crippen molar-refractivity contribution in [3.8, 4) is 0 Å². The molecule has 0 spiro atoms. The largest absolute Gasteiger partial charge is 0.417 e. The maximum atomic E-state index is 13.1. The predicted octanol–water partition coefficient (Wildman–Crippen LogP) is 4.77. The number of halogens is 3. The van der Waals surface area contributed by atoms with Crippen LogP contribution < -0.4 is 5.32 Å². The second kappa shape index (κ2) is 6.28. The van der Waals surface area contributed by atoms with Gasteiger partial charge in [-0.05, 0) is 42.2 Å². The van der Waals surface area contributed by atoms with Crippen molar-refractivity contribution in [3.05, 3.63) is 29.6 Å². The third kappa shape index (κ3) is 3.44. The summed E-state index contributed by atoms with van der Waals surface area (Å²) in [5.41, 5.74) is -0.405. The molecule has 7 heteroatoms. The van der Waals surface area contributed by atoms with Crippen molar-refractivity contribution in [3.63, 3.8) is 0 Å². The monoisotopic (exact) mass is 367 g/mol. The number of alkyl halides is 3. The van der Waals surface area contributed by atoms with Gasteiger partial charge in [0.25, 0.3) is 5.91 Å². The van der Waals surface area contributed by atoms with E-state index < -0.39 is 11.7 Å². The zero-order valence-electron chi connectivity index (χ0n) is 15.4. The van der Waals surface area contributed by atoms with Crippen LogP contribution in [-0.2, 0) is 6.18 Å². The van der Waals surface area contributed by atoms with Gasteiger partial charge in [-0.1, -0.05) is 27.7 Å². The molecule has 2 N–H and O–H groups in total. The van der Waals surface area contributed by atoms with Crippen LogP contribution in [0.2, 0.25) is 0 Å². The number of aromatic nitrogens is 2. The highest BCUT2D eigenvalue weighted by molar-refractivity contribution is 5.98. The normalized spacial score (nSPS) is 26.0. The molecule has 1 fully saturated rings. The third-order valence-corrected chi connectivity index (χ3v) is 5.87. The van der Waals surface area contributed by atoms with E-state index in [4.69, 9.17) is 0 Å². The molecule has 3 atom stereocenters. The van der Waals surface area contributed by atoms with Crippen molar-refractivity contribution in [1.82, 2.24) is 15.3 Å². The summed E-state index contributed by atoms with van der Waals surface area (Å²) in [6.07, 6.45) is -1.55. The molecule has 142 valence electrons. The highest BCUT2D eigenvalue weighted by Gasteiger charge is 2.38. The Balaban J connectivity index is 1.83. The Morgan fingerprint density at radius 1 is 1.35 bits per heavy atom. The summed E-state index contributed by atoms with van der Waals surface area (Å²) in [4.78, 5) is 19.2. The zero-order chi connectivity index (χ0) is 19.3. The van der Waals surface area contributed by atoms with E-state index in [1.807, 2.05) is 0 Å². The van der Waals surface area contributed by atoms with Gasteiger partial charge in [0, 0.05) is 17.6 Å². The van der Waals surface area contributed by atoms with Gasteiger partial charge in [-0.3, -0.25) is 4.79 Å². The van der Waals surface area contributed by atoms with E-state index in [1.54, 1.807) is 0 Å². The molecule has 26 heavy (non-hydrogen) atoms. The molecule has 1 amide bonds. The van der Waals surface area contributed by atoms with Crippen LogP contribution in [0, 0.1) is 17.3 Å². The number of carbonyl (C=O) groups excluding carboxylic acids is 1. The quantitative estimate of drug-likeness (QED) is 0.803. The average molecular weight is 367 g/mol. The molecule has 1 aliphatic rings. The molecule has 2 heterocycles. The van der Waals surface area contributed by atoms with E-state index in [0.29, 0.717) is 11.8 Å². The maximum Gasteiger partial charge on any atom is 0.417 e. The van der Waals surface area contributed by atoms with Gasteiger partial charge in [0.2, 0.25) is 0 Å². The molecule has 1 saturated carbocycles. The molecular weight excluding hydrogens is 343 g/mol. The van der Waals surface area contributed by atoms with Crippen molar-refractivity contribution in [1.29, 1.82) is 0 Å². The van der Waals surface area contributed by atoms with Gasteiger partial charge in [-0.2, -0.15) is 13.2 Å². The molecule has 2 aromatic heterocycles. The van der Waals surface area contributed by atoms with Crippen LogP contribution in [0.25, 0.3) is 11.0 Å². The lowest BCUT2D eigenvalue weighted by Gasteiger charge is -2.44. The SMILES string of the molecule is C[C@@H]1C[C@H](NC(=O)c2cc3c(C(F)(F)F)ccnc3[nH]2)[C@@H](C)CC1(C)C. The minimum absolute atomic E-state index is 0.00647. The number of rotatable bonds is 2. The predicted molar refractivity (Wildman–Crippen MR) is 93.7 cm³/mol. The summed E-state index contributed by atoms with van der Waals surface area (Å²) < 4.78 is 39.4. The minimum Gasteiger partial charge on any atom is -0.348 e. The maximum absolute atomic E-state index is 13.1. The fraction of sp³-hybridized carbons (Fsp3) is 0.579. The number of aromatic amines is 1. The molecule has 1 aliphatic carbocycles. The molecule has 4 nitrogen and oxygen atoms in total. The molecule has 0 radical (unpaired) electrons. The van der Waals surface area contributed by atoms with Crippen LogP contribution in [0.5, 0.6) is 0 Å². The van der Waals surface area contributed by atoms with Gasteiger partial charge in [-0.15, -0.1) is 0 Å². The van der Waals surface area contributed by atoms with Crippen LogP contribution in [0.15, 0.2) is 18.3 Å². The molecule has 0 bridgehead atoms. The van der Waals surface area contributed by atoms with Crippen LogP contribution >= 0.6 is 0 Å². The van der Waals surface area contributed by atoms with Crippen molar-refractivity contribution in [2.75, 3.05) is 0 Å². The Morgan fingerprint density at radius 3 is 2.69 bits per heavy atom. The van der Waals surface area contributed by atoms with E-state index in [0.717, 1.165) is 25.1 Å². The van der Waals surface area contributed by atoms with Gasteiger partial charge in [-0.25, -0.2) is 4.98 Å². The fourth-order valence-electron chi connectivity index (χ4n) is 3.95. The van der Waals surface area contributed by atoms with E-state index >= 15 is 0 Å². The molecule has 2 aromatic rings. The van der Waals surface area contributed by atoms with Crippen LogP contribution in [0.3, 0.4) is 0 Å².